The highest BCUT2D eigenvalue weighted by molar-refractivity contribution is 7.80. The van der Waals surface area contributed by atoms with Crippen molar-refractivity contribution in [1.29, 1.82) is 0 Å². The molecule has 0 amide bonds. The first kappa shape index (κ1) is 19.3. The topological polar surface area (TPSA) is 59.3 Å². The van der Waals surface area contributed by atoms with Crippen molar-refractivity contribution >= 4 is 33.9 Å². The SMILES string of the molecule is Cc1ccc(-n2c(C3CC(c4ccccc4)=NC(=S)N3)nc3ccccc3c2=O)cc1. The first-order valence-corrected chi connectivity index (χ1v) is 10.5. The Hall–Kier alpha value is -3.64. The molecule has 1 unspecified atom stereocenters. The van der Waals surface area contributed by atoms with Crippen LogP contribution in [0, 0.1) is 6.92 Å². The van der Waals surface area contributed by atoms with Gasteiger partial charge in [0.25, 0.3) is 5.56 Å². The molecule has 0 aliphatic carbocycles. The van der Waals surface area contributed by atoms with Gasteiger partial charge in [0.05, 0.1) is 28.3 Å². The minimum absolute atomic E-state index is 0.0963. The van der Waals surface area contributed by atoms with Crippen molar-refractivity contribution in [3.05, 3.63) is 106 Å². The number of benzene rings is 3. The molecular weight excluding hydrogens is 404 g/mol. The summed E-state index contributed by atoms with van der Waals surface area (Å²) in [5, 5.41) is 4.25. The summed E-state index contributed by atoms with van der Waals surface area (Å²) in [6.07, 6.45) is 0.570. The molecule has 0 saturated carbocycles. The average molecular weight is 425 g/mol. The van der Waals surface area contributed by atoms with Crippen molar-refractivity contribution in [2.75, 3.05) is 0 Å². The number of nitrogens with zero attached hydrogens (tertiary/aromatic N) is 3. The first-order valence-electron chi connectivity index (χ1n) is 10.1. The highest BCUT2D eigenvalue weighted by atomic mass is 32.1. The third kappa shape index (κ3) is 3.66. The van der Waals surface area contributed by atoms with Crippen LogP contribution >= 0.6 is 12.2 Å². The van der Waals surface area contributed by atoms with Crippen LogP contribution in [-0.2, 0) is 0 Å². The second-order valence-corrected chi connectivity index (χ2v) is 7.98. The number of aryl methyl sites for hydroxylation is 1. The fourth-order valence-corrected chi connectivity index (χ4v) is 4.14. The van der Waals surface area contributed by atoms with Gasteiger partial charge in [0.2, 0.25) is 0 Å². The fraction of sp³-hybridized carbons (Fsp3) is 0.120. The van der Waals surface area contributed by atoms with E-state index in [-0.39, 0.29) is 11.6 Å². The van der Waals surface area contributed by atoms with Crippen molar-refractivity contribution in [1.82, 2.24) is 14.9 Å². The van der Waals surface area contributed by atoms with Gasteiger partial charge < -0.3 is 5.32 Å². The van der Waals surface area contributed by atoms with Gasteiger partial charge in [-0.25, -0.2) is 9.98 Å². The van der Waals surface area contributed by atoms with Gasteiger partial charge in [0.15, 0.2) is 5.11 Å². The molecule has 5 nitrogen and oxygen atoms in total. The van der Waals surface area contributed by atoms with E-state index in [2.05, 4.69) is 10.3 Å². The van der Waals surface area contributed by atoms with Gasteiger partial charge in [-0.2, -0.15) is 0 Å². The van der Waals surface area contributed by atoms with E-state index in [4.69, 9.17) is 17.2 Å². The maximum atomic E-state index is 13.5. The van der Waals surface area contributed by atoms with Crippen LogP contribution in [0.5, 0.6) is 0 Å². The summed E-state index contributed by atoms with van der Waals surface area (Å²) in [5.74, 6) is 0.623. The Morgan fingerprint density at radius 3 is 2.45 bits per heavy atom. The fourth-order valence-electron chi connectivity index (χ4n) is 3.89. The number of hydrogen-bond acceptors (Lipinski definition) is 3. The van der Waals surface area contributed by atoms with Crippen LogP contribution < -0.4 is 10.9 Å². The van der Waals surface area contributed by atoms with Gasteiger partial charge in [-0.15, -0.1) is 0 Å². The van der Waals surface area contributed by atoms with Crippen molar-refractivity contribution in [2.24, 2.45) is 4.99 Å². The van der Waals surface area contributed by atoms with Gasteiger partial charge in [0.1, 0.15) is 5.82 Å². The van der Waals surface area contributed by atoms with Gasteiger partial charge >= 0.3 is 0 Å². The largest absolute Gasteiger partial charge is 0.350 e. The molecule has 152 valence electrons. The molecule has 0 fully saturated rings. The number of para-hydroxylation sites is 1. The predicted molar refractivity (Wildman–Crippen MR) is 128 cm³/mol. The first-order chi connectivity index (χ1) is 15.1. The summed E-state index contributed by atoms with van der Waals surface area (Å²) in [5.41, 5.74) is 4.37. The van der Waals surface area contributed by atoms with Crippen LogP contribution in [0.25, 0.3) is 16.6 Å². The molecule has 31 heavy (non-hydrogen) atoms. The molecular formula is C25H20N4OS. The third-order valence-electron chi connectivity index (χ3n) is 5.44. The minimum atomic E-state index is -0.279. The zero-order valence-electron chi connectivity index (χ0n) is 16.9. The Labute approximate surface area is 185 Å². The number of aromatic nitrogens is 2. The van der Waals surface area contributed by atoms with E-state index in [1.807, 2.05) is 85.8 Å². The summed E-state index contributed by atoms with van der Waals surface area (Å²) in [4.78, 5) is 23.0. The van der Waals surface area contributed by atoms with Gasteiger partial charge in [0, 0.05) is 6.42 Å². The molecule has 2 heterocycles. The van der Waals surface area contributed by atoms with Crippen LogP contribution in [-0.4, -0.2) is 20.4 Å². The molecule has 1 N–H and O–H groups in total. The minimum Gasteiger partial charge on any atom is -0.350 e. The molecule has 0 bridgehead atoms. The van der Waals surface area contributed by atoms with Gasteiger partial charge in [-0.05, 0) is 49.0 Å². The van der Waals surface area contributed by atoms with Crippen LogP contribution in [0.15, 0.2) is 88.6 Å². The zero-order chi connectivity index (χ0) is 21.4. The highest BCUT2D eigenvalue weighted by Crippen LogP contribution is 2.25. The molecule has 0 saturated heterocycles. The average Bonchev–Trinajstić information content (AvgIpc) is 2.80. The number of rotatable bonds is 3. The Morgan fingerprint density at radius 1 is 0.968 bits per heavy atom. The molecule has 4 aromatic rings. The maximum Gasteiger partial charge on any atom is 0.266 e. The van der Waals surface area contributed by atoms with Crippen LogP contribution in [0.1, 0.15) is 29.4 Å². The number of fused-ring (bicyclic) bond motifs is 1. The quantitative estimate of drug-likeness (QED) is 0.492. The smallest absolute Gasteiger partial charge is 0.266 e. The Balaban J connectivity index is 1.69. The zero-order valence-corrected chi connectivity index (χ0v) is 17.8. The van der Waals surface area contributed by atoms with E-state index in [9.17, 15) is 4.79 Å². The predicted octanol–water partition coefficient (Wildman–Crippen LogP) is 4.50. The summed E-state index contributed by atoms with van der Waals surface area (Å²) in [6.45, 7) is 2.02. The lowest BCUT2D eigenvalue weighted by atomic mass is 10.00. The van der Waals surface area contributed by atoms with E-state index in [1.54, 1.807) is 4.57 Å². The van der Waals surface area contributed by atoms with Crippen molar-refractivity contribution in [3.8, 4) is 5.69 Å². The van der Waals surface area contributed by atoms with Gasteiger partial charge in [-0.3, -0.25) is 9.36 Å². The number of thiocarbonyl (C=S) groups is 1. The number of nitrogens with one attached hydrogen (secondary N) is 1. The molecule has 0 spiro atoms. The van der Waals surface area contributed by atoms with Crippen molar-refractivity contribution in [3.63, 3.8) is 0 Å². The molecule has 1 aromatic heterocycles. The van der Waals surface area contributed by atoms with E-state index < -0.39 is 0 Å². The summed E-state index contributed by atoms with van der Waals surface area (Å²) in [6, 6.07) is 25.0. The molecule has 1 aliphatic heterocycles. The van der Waals surface area contributed by atoms with Crippen LogP contribution in [0.4, 0.5) is 0 Å². The molecule has 1 atom stereocenters. The summed E-state index contributed by atoms with van der Waals surface area (Å²) in [7, 11) is 0. The lowest BCUT2D eigenvalue weighted by molar-refractivity contribution is 0.597. The highest BCUT2D eigenvalue weighted by Gasteiger charge is 2.27. The number of aliphatic imine (C=N–C) groups is 1. The molecule has 3 aromatic carbocycles. The van der Waals surface area contributed by atoms with E-state index >= 15 is 0 Å². The Morgan fingerprint density at radius 2 is 1.68 bits per heavy atom. The van der Waals surface area contributed by atoms with Crippen molar-refractivity contribution < 1.29 is 0 Å². The second-order valence-electron chi connectivity index (χ2n) is 7.59. The van der Waals surface area contributed by atoms with Crippen LogP contribution in [0.3, 0.4) is 0 Å². The number of hydrogen-bond donors (Lipinski definition) is 1. The van der Waals surface area contributed by atoms with E-state index in [0.29, 0.717) is 28.3 Å². The lowest BCUT2D eigenvalue weighted by Gasteiger charge is -2.27. The van der Waals surface area contributed by atoms with Crippen molar-refractivity contribution in [2.45, 2.75) is 19.4 Å². The van der Waals surface area contributed by atoms with E-state index in [0.717, 1.165) is 22.5 Å². The van der Waals surface area contributed by atoms with E-state index in [1.165, 1.54) is 0 Å². The molecule has 6 heteroatoms. The Kier molecular flexibility index (Phi) is 4.92. The van der Waals surface area contributed by atoms with Crippen LogP contribution in [0.2, 0.25) is 0 Å². The third-order valence-corrected chi connectivity index (χ3v) is 5.65. The maximum absolute atomic E-state index is 13.5. The van der Waals surface area contributed by atoms with Gasteiger partial charge in [-0.1, -0.05) is 60.2 Å². The molecule has 5 rings (SSSR count). The monoisotopic (exact) mass is 424 g/mol. The second kappa shape index (κ2) is 7.89. The lowest BCUT2D eigenvalue weighted by Crippen LogP contribution is -2.38. The summed E-state index contributed by atoms with van der Waals surface area (Å²) < 4.78 is 1.69. The molecule has 1 aliphatic rings. The normalized spacial score (nSPS) is 16.1. The standard InChI is InChI=1S/C25H20N4OS/c1-16-11-13-18(14-12-16)29-23(26-20-10-6-5-9-19(20)24(29)30)22-15-21(27-25(31)28-22)17-7-3-2-4-8-17/h2-14,22H,15H2,1H3,(H,28,31). The Bertz CT molecular complexity index is 1370. The molecule has 0 radical (unpaired) electrons. The summed E-state index contributed by atoms with van der Waals surface area (Å²) >= 11 is 5.45.